The molecular formula is C24H27NO6S. The van der Waals surface area contributed by atoms with Gasteiger partial charge in [-0.2, -0.15) is 8.42 Å². The van der Waals surface area contributed by atoms with Crippen LogP contribution in [0, 0.1) is 0 Å². The first-order valence-electron chi connectivity index (χ1n) is 10.4. The Morgan fingerprint density at radius 2 is 1.66 bits per heavy atom. The second-order valence-electron chi connectivity index (χ2n) is 7.40. The first-order valence-corrected chi connectivity index (χ1v) is 12.2. The normalized spacial score (nSPS) is 11.2. The molecule has 0 saturated heterocycles. The Balaban J connectivity index is 1.74. The Hall–Kier alpha value is -3.26. The average Bonchev–Trinajstić information content (AvgIpc) is 3.27. The summed E-state index contributed by atoms with van der Waals surface area (Å²) in [5.74, 6) is 1.46. The van der Waals surface area contributed by atoms with Gasteiger partial charge >= 0.3 is 10.1 Å². The Kier molecular flexibility index (Phi) is 7.94. The standard InChI is InChI=1S/C24H27NO6S/c1-3-4-15-29-21-13-9-20(10-14-21)24(26)25(18-23-6-5-16-30-23)17-19-7-11-22(12-8-19)31-32(2,27)28/h5-14,16H,3-4,15,17-18H2,1-2H3. The number of carbonyl (C=O) groups is 1. The molecule has 1 amide bonds. The van der Waals surface area contributed by atoms with Crippen LogP contribution >= 0.6 is 0 Å². The predicted molar refractivity (Wildman–Crippen MR) is 121 cm³/mol. The lowest BCUT2D eigenvalue weighted by atomic mass is 10.1. The highest BCUT2D eigenvalue weighted by atomic mass is 32.2. The fourth-order valence-electron chi connectivity index (χ4n) is 3.05. The fraction of sp³-hybridized carbons (Fsp3) is 0.292. The molecule has 7 nitrogen and oxygen atoms in total. The van der Waals surface area contributed by atoms with Gasteiger partial charge in [-0.05, 0) is 60.5 Å². The van der Waals surface area contributed by atoms with E-state index in [1.807, 2.05) is 6.07 Å². The zero-order valence-electron chi connectivity index (χ0n) is 18.2. The van der Waals surface area contributed by atoms with Crippen LogP contribution in [-0.4, -0.2) is 32.1 Å². The van der Waals surface area contributed by atoms with Crippen molar-refractivity contribution in [3.05, 3.63) is 83.8 Å². The Bertz CT molecular complexity index is 1090. The Morgan fingerprint density at radius 1 is 0.969 bits per heavy atom. The highest BCUT2D eigenvalue weighted by Gasteiger charge is 2.18. The van der Waals surface area contributed by atoms with Crippen molar-refractivity contribution >= 4 is 16.0 Å². The van der Waals surface area contributed by atoms with E-state index in [1.165, 1.54) is 0 Å². The summed E-state index contributed by atoms with van der Waals surface area (Å²) in [4.78, 5) is 14.9. The van der Waals surface area contributed by atoms with Gasteiger partial charge in [-0.25, -0.2) is 0 Å². The van der Waals surface area contributed by atoms with Crippen LogP contribution in [0.5, 0.6) is 11.5 Å². The first kappa shape index (κ1) is 23.4. The van der Waals surface area contributed by atoms with E-state index >= 15 is 0 Å². The summed E-state index contributed by atoms with van der Waals surface area (Å²) in [6, 6.07) is 17.3. The largest absolute Gasteiger partial charge is 0.494 e. The number of nitrogens with zero attached hydrogens (tertiary/aromatic N) is 1. The molecule has 0 unspecified atom stereocenters. The molecule has 1 heterocycles. The van der Waals surface area contributed by atoms with Gasteiger partial charge in [0.05, 0.1) is 25.7 Å². The number of hydrogen-bond acceptors (Lipinski definition) is 6. The molecule has 0 aliphatic heterocycles. The van der Waals surface area contributed by atoms with Crippen molar-refractivity contribution in [2.75, 3.05) is 12.9 Å². The summed E-state index contributed by atoms with van der Waals surface area (Å²) in [6.07, 6.45) is 4.59. The molecule has 0 bridgehead atoms. The highest BCUT2D eigenvalue weighted by Crippen LogP contribution is 2.20. The highest BCUT2D eigenvalue weighted by molar-refractivity contribution is 7.86. The summed E-state index contributed by atoms with van der Waals surface area (Å²) in [5, 5.41) is 0. The predicted octanol–water partition coefficient (Wildman–Crippen LogP) is 4.64. The van der Waals surface area contributed by atoms with Gasteiger partial charge in [0.1, 0.15) is 17.3 Å². The molecule has 0 aliphatic carbocycles. The maximum atomic E-state index is 13.2. The molecule has 3 aromatic rings. The van der Waals surface area contributed by atoms with Gasteiger partial charge in [-0.15, -0.1) is 0 Å². The number of amides is 1. The topological polar surface area (TPSA) is 86.0 Å². The van der Waals surface area contributed by atoms with Crippen LogP contribution in [0.3, 0.4) is 0 Å². The Morgan fingerprint density at radius 3 is 2.25 bits per heavy atom. The quantitative estimate of drug-likeness (QED) is 0.308. The maximum absolute atomic E-state index is 13.2. The molecule has 0 saturated carbocycles. The Labute approximate surface area is 188 Å². The van der Waals surface area contributed by atoms with Crippen molar-refractivity contribution in [3.63, 3.8) is 0 Å². The van der Waals surface area contributed by atoms with Gasteiger partial charge in [-0.1, -0.05) is 25.5 Å². The van der Waals surface area contributed by atoms with E-state index in [2.05, 4.69) is 6.92 Å². The monoisotopic (exact) mass is 457 g/mol. The average molecular weight is 458 g/mol. The minimum absolute atomic E-state index is 0.155. The molecular weight excluding hydrogens is 430 g/mol. The summed E-state index contributed by atoms with van der Waals surface area (Å²) in [5.41, 5.74) is 1.36. The van der Waals surface area contributed by atoms with Crippen molar-refractivity contribution in [1.29, 1.82) is 0 Å². The minimum Gasteiger partial charge on any atom is -0.494 e. The summed E-state index contributed by atoms with van der Waals surface area (Å²) in [6.45, 7) is 3.36. The van der Waals surface area contributed by atoms with Crippen LogP contribution in [0.25, 0.3) is 0 Å². The number of benzene rings is 2. The third-order valence-corrected chi connectivity index (χ3v) is 5.12. The minimum atomic E-state index is -3.60. The van der Waals surface area contributed by atoms with E-state index in [1.54, 1.807) is 65.8 Å². The summed E-state index contributed by atoms with van der Waals surface area (Å²) in [7, 11) is -3.60. The number of carbonyl (C=O) groups excluding carboxylic acids is 1. The number of unbranched alkanes of at least 4 members (excludes halogenated alkanes) is 1. The van der Waals surface area contributed by atoms with Gasteiger partial charge in [0.2, 0.25) is 0 Å². The lowest BCUT2D eigenvalue weighted by Gasteiger charge is -2.22. The van der Waals surface area contributed by atoms with Crippen LogP contribution in [0.2, 0.25) is 0 Å². The van der Waals surface area contributed by atoms with Crippen LogP contribution in [0.1, 0.15) is 41.4 Å². The van der Waals surface area contributed by atoms with E-state index in [0.717, 1.165) is 30.4 Å². The third kappa shape index (κ3) is 7.16. The second-order valence-corrected chi connectivity index (χ2v) is 8.97. The van der Waals surface area contributed by atoms with Crippen molar-refractivity contribution in [1.82, 2.24) is 4.90 Å². The van der Waals surface area contributed by atoms with E-state index in [0.29, 0.717) is 31.0 Å². The number of ether oxygens (including phenoxy) is 1. The van der Waals surface area contributed by atoms with E-state index in [4.69, 9.17) is 13.3 Å². The molecule has 2 aromatic carbocycles. The van der Waals surface area contributed by atoms with E-state index < -0.39 is 10.1 Å². The van der Waals surface area contributed by atoms with Gasteiger partial charge < -0.3 is 18.2 Å². The van der Waals surface area contributed by atoms with E-state index in [9.17, 15) is 13.2 Å². The molecule has 3 rings (SSSR count). The molecule has 32 heavy (non-hydrogen) atoms. The zero-order valence-corrected chi connectivity index (χ0v) is 19.0. The smallest absolute Gasteiger partial charge is 0.306 e. The maximum Gasteiger partial charge on any atom is 0.306 e. The van der Waals surface area contributed by atoms with Gasteiger partial charge in [-0.3, -0.25) is 4.79 Å². The van der Waals surface area contributed by atoms with Crippen molar-refractivity contribution in [2.45, 2.75) is 32.9 Å². The van der Waals surface area contributed by atoms with Crippen molar-refractivity contribution < 1.29 is 26.5 Å². The SMILES string of the molecule is CCCCOc1ccc(C(=O)N(Cc2ccc(OS(C)(=O)=O)cc2)Cc2ccco2)cc1. The molecule has 0 N–H and O–H groups in total. The summed E-state index contributed by atoms with van der Waals surface area (Å²) >= 11 is 0. The summed E-state index contributed by atoms with van der Waals surface area (Å²) < 4.78 is 38.6. The van der Waals surface area contributed by atoms with E-state index in [-0.39, 0.29) is 11.7 Å². The molecule has 0 atom stereocenters. The van der Waals surface area contributed by atoms with Crippen molar-refractivity contribution in [2.24, 2.45) is 0 Å². The molecule has 8 heteroatoms. The molecule has 0 spiro atoms. The second kappa shape index (κ2) is 10.9. The van der Waals surface area contributed by atoms with Crippen LogP contribution in [-0.2, 0) is 23.2 Å². The number of hydrogen-bond donors (Lipinski definition) is 0. The number of furan rings is 1. The van der Waals surface area contributed by atoms with Crippen LogP contribution in [0.15, 0.2) is 71.3 Å². The fourth-order valence-corrected chi connectivity index (χ4v) is 3.51. The van der Waals surface area contributed by atoms with Gasteiger partial charge in [0.15, 0.2) is 0 Å². The lowest BCUT2D eigenvalue weighted by Crippen LogP contribution is -2.30. The molecule has 1 aromatic heterocycles. The number of rotatable bonds is 11. The first-order chi connectivity index (χ1) is 15.3. The lowest BCUT2D eigenvalue weighted by molar-refractivity contribution is 0.0717. The third-order valence-electron chi connectivity index (χ3n) is 4.63. The molecule has 0 aliphatic rings. The van der Waals surface area contributed by atoms with Gasteiger partial charge in [0.25, 0.3) is 5.91 Å². The van der Waals surface area contributed by atoms with Crippen molar-refractivity contribution in [3.8, 4) is 11.5 Å². The van der Waals surface area contributed by atoms with Crippen LogP contribution in [0.4, 0.5) is 0 Å². The zero-order chi connectivity index (χ0) is 23.0. The molecule has 0 fully saturated rings. The van der Waals surface area contributed by atoms with Crippen LogP contribution < -0.4 is 8.92 Å². The molecule has 170 valence electrons. The molecule has 0 radical (unpaired) electrons. The van der Waals surface area contributed by atoms with Gasteiger partial charge in [0, 0.05) is 12.1 Å².